The number of fused-ring (bicyclic) bond motifs is 2. The Bertz CT molecular complexity index is 213. The highest BCUT2D eigenvalue weighted by molar-refractivity contribution is 4.96. The molecule has 2 bridgehead atoms. The van der Waals surface area contributed by atoms with Crippen LogP contribution < -0.4 is 11.3 Å². The smallest absolute Gasteiger partial charge is 0.0240 e. The minimum absolute atomic E-state index is 0.579. The van der Waals surface area contributed by atoms with Crippen molar-refractivity contribution in [1.29, 1.82) is 0 Å². The molecule has 1 saturated carbocycles. The first-order valence-electron chi connectivity index (χ1n) is 6.58. The number of rotatable bonds is 3. The second-order valence-corrected chi connectivity index (χ2v) is 5.71. The topological polar surface area (TPSA) is 41.3 Å². The summed E-state index contributed by atoms with van der Waals surface area (Å²) in [5.74, 6) is 6.63. The van der Waals surface area contributed by atoms with Crippen LogP contribution in [0.4, 0.5) is 0 Å². The maximum Gasteiger partial charge on any atom is 0.0240 e. The van der Waals surface area contributed by atoms with E-state index in [-0.39, 0.29) is 0 Å². The first-order valence-corrected chi connectivity index (χ1v) is 6.58. The van der Waals surface area contributed by atoms with Crippen molar-refractivity contribution in [3.8, 4) is 0 Å². The summed E-state index contributed by atoms with van der Waals surface area (Å²) in [5.41, 5.74) is 3.00. The van der Waals surface area contributed by atoms with E-state index in [2.05, 4.69) is 10.3 Å². The molecule has 0 aromatic carbocycles. The predicted octanol–water partition coefficient (Wildman–Crippen LogP) is 1.25. The van der Waals surface area contributed by atoms with Gasteiger partial charge in [-0.25, -0.2) is 0 Å². The van der Waals surface area contributed by atoms with E-state index in [1.54, 1.807) is 0 Å². The Labute approximate surface area is 92.4 Å². The van der Waals surface area contributed by atoms with Crippen molar-refractivity contribution in [2.24, 2.45) is 11.8 Å². The fourth-order valence-electron chi connectivity index (χ4n) is 3.51. The molecule has 2 atom stereocenters. The molecule has 3 rings (SSSR count). The van der Waals surface area contributed by atoms with Crippen molar-refractivity contribution < 1.29 is 0 Å². The minimum Gasteiger partial charge on any atom is -0.297 e. The van der Waals surface area contributed by atoms with E-state index in [1.165, 1.54) is 51.5 Å². The fraction of sp³-hybridized carbons (Fsp3) is 1.00. The summed E-state index contributed by atoms with van der Waals surface area (Å²) in [6.45, 7) is 1.38. The Kier molecular flexibility index (Phi) is 2.71. The lowest BCUT2D eigenvalue weighted by Gasteiger charge is -2.49. The number of nitrogens with one attached hydrogen (secondary N) is 1. The molecule has 2 aliphatic heterocycles. The van der Waals surface area contributed by atoms with E-state index in [9.17, 15) is 0 Å². The third kappa shape index (κ3) is 2.05. The Morgan fingerprint density at radius 2 is 1.73 bits per heavy atom. The number of hydrogen-bond donors (Lipinski definition) is 2. The van der Waals surface area contributed by atoms with Gasteiger partial charge in [0.05, 0.1) is 0 Å². The second-order valence-electron chi connectivity index (χ2n) is 5.71. The molecule has 2 heterocycles. The largest absolute Gasteiger partial charge is 0.297 e. The third-order valence-corrected chi connectivity index (χ3v) is 4.53. The monoisotopic (exact) mass is 209 g/mol. The average molecular weight is 209 g/mol. The van der Waals surface area contributed by atoms with E-state index >= 15 is 0 Å². The van der Waals surface area contributed by atoms with Crippen molar-refractivity contribution in [2.75, 3.05) is 6.54 Å². The second kappa shape index (κ2) is 4.04. The molecule has 3 aliphatic rings. The highest BCUT2D eigenvalue weighted by Crippen LogP contribution is 2.38. The summed E-state index contributed by atoms with van der Waals surface area (Å²) in [6, 6.07) is 2.24. The molecule has 3 fully saturated rings. The van der Waals surface area contributed by atoms with Crippen LogP contribution in [0.25, 0.3) is 0 Å². The first kappa shape index (κ1) is 10.1. The van der Waals surface area contributed by atoms with Crippen LogP contribution in [0.15, 0.2) is 0 Å². The van der Waals surface area contributed by atoms with Crippen molar-refractivity contribution in [3.05, 3.63) is 0 Å². The average Bonchev–Trinajstić information content (AvgIpc) is 3.01. The van der Waals surface area contributed by atoms with Crippen LogP contribution in [0.2, 0.25) is 0 Å². The normalized spacial score (nSPS) is 41.8. The lowest BCUT2D eigenvalue weighted by atomic mass is 9.82. The number of nitrogens with zero attached hydrogens (tertiary/aromatic N) is 1. The van der Waals surface area contributed by atoms with Gasteiger partial charge >= 0.3 is 0 Å². The Balaban J connectivity index is 1.66. The van der Waals surface area contributed by atoms with E-state index in [1.807, 2.05) is 0 Å². The SMILES string of the molecule is NNC1CC2CCCC(C1)N2CC1CC1. The molecule has 0 aromatic heterocycles. The quantitative estimate of drug-likeness (QED) is 0.543. The number of nitrogens with two attached hydrogens (primary N) is 1. The summed E-state index contributed by atoms with van der Waals surface area (Å²) in [7, 11) is 0. The van der Waals surface area contributed by atoms with Gasteiger partial charge < -0.3 is 0 Å². The van der Waals surface area contributed by atoms with Crippen LogP contribution in [-0.4, -0.2) is 29.6 Å². The van der Waals surface area contributed by atoms with Gasteiger partial charge in [0.15, 0.2) is 0 Å². The lowest BCUT2D eigenvalue weighted by Crippen LogP contribution is -2.57. The molecular weight excluding hydrogens is 186 g/mol. The molecule has 3 N–H and O–H groups in total. The van der Waals surface area contributed by atoms with Gasteiger partial charge in [0.1, 0.15) is 0 Å². The zero-order valence-electron chi connectivity index (χ0n) is 9.49. The number of hydrazine groups is 1. The van der Waals surface area contributed by atoms with Crippen molar-refractivity contribution >= 4 is 0 Å². The van der Waals surface area contributed by atoms with Crippen molar-refractivity contribution in [3.63, 3.8) is 0 Å². The fourth-order valence-corrected chi connectivity index (χ4v) is 3.51. The summed E-state index contributed by atoms with van der Waals surface area (Å²) in [6.07, 6.45) is 9.76. The van der Waals surface area contributed by atoms with Crippen LogP contribution >= 0.6 is 0 Å². The molecule has 1 aliphatic carbocycles. The molecule has 3 nitrogen and oxygen atoms in total. The highest BCUT2D eigenvalue weighted by atomic mass is 15.3. The van der Waals surface area contributed by atoms with Crippen LogP contribution in [-0.2, 0) is 0 Å². The van der Waals surface area contributed by atoms with Crippen molar-refractivity contribution in [1.82, 2.24) is 10.3 Å². The molecular formula is C12H23N3. The van der Waals surface area contributed by atoms with Gasteiger partial charge in [-0.15, -0.1) is 0 Å². The third-order valence-electron chi connectivity index (χ3n) is 4.53. The maximum absolute atomic E-state index is 5.60. The van der Waals surface area contributed by atoms with E-state index in [0.717, 1.165) is 18.0 Å². The van der Waals surface area contributed by atoms with Gasteiger partial charge in [-0.3, -0.25) is 16.2 Å². The van der Waals surface area contributed by atoms with E-state index in [0.29, 0.717) is 6.04 Å². The summed E-state index contributed by atoms with van der Waals surface area (Å²) >= 11 is 0. The van der Waals surface area contributed by atoms with Gasteiger partial charge in [0, 0.05) is 24.7 Å². The predicted molar refractivity (Wildman–Crippen MR) is 61.2 cm³/mol. The summed E-state index contributed by atoms with van der Waals surface area (Å²) < 4.78 is 0. The van der Waals surface area contributed by atoms with Crippen LogP contribution in [0.1, 0.15) is 44.9 Å². The van der Waals surface area contributed by atoms with Crippen LogP contribution in [0, 0.1) is 5.92 Å². The van der Waals surface area contributed by atoms with Gasteiger partial charge in [-0.05, 0) is 44.4 Å². The molecule has 2 saturated heterocycles. The standard InChI is InChI=1S/C12H23N3/c13-14-10-6-11-2-1-3-12(7-10)15(11)8-9-4-5-9/h9-12,14H,1-8,13H2. The highest BCUT2D eigenvalue weighted by Gasteiger charge is 2.39. The Morgan fingerprint density at radius 3 is 2.27 bits per heavy atom. The molecule has 3 heteroatoms. The Morgan fingerprint density at radius 1 is 1.07 bits per heavy atom. The summed E-state index contributed by atoms with van der Waals surface area (Å²) in [5, 5.41) is 0. The molecule has 86 valence electrons. The van der Waals surface area contributed by atoms with Crippen LogP contribution in [0.3, 0.4) is 0 Å². The number of hydrogen-bond acceptors (Lipinski definition) is 3. The van der Waals surface area contributed by atoms with Gasteiger partial charge in [0.25, 0.3) is 0 Å². The number of piperidine rings is 2. The molecule has 0 amide bonds. The molecule has 0 spiro atoms. The Hall–Kier alpha value is -0.120. The zero-order valence-corrected chi connectivity index (χ0v) is 9.49. The van der Waals surface area contributed by atoms with Gasteiger partial charge in [0.2, 0.25) is 0 Å². The van der Waals surface area contributed by atoms with E-state index in [4.69, 9.17) is 5.84 Å². The van der Waals surface area contributed by atoms with Crippen LogP contribution in [0.5, 0.6) is 0 Å². The maximum atomic E-state index is 5.60. The van der Waals surface area contributed by atoms with Crippen molar-refractivity contribution in [2.45, 2.75) is 63.1 Å². The molecule has 0 radical (unpaired) electrons. The molecule has 2 unspecified atom stereocenters. The summed E-state index contributed by atoms with van der Waals surface area (Å²) in [4.78, 5) is 2.81. The lowest BCUT2D eigenvalue weighted by molar-refractivity contribution is 0.0209. The van der Waals surface area contributed by atoms with E-state index < -0.39 is 0 Å². The van der Waals surface area contributed by atoms with Gasteiger partial charge in [-0.1, -0.05) is 6.42 Å². The molecule has 15 heavy (non-hydrogen) atoms. The molecule has 0 aromatic rings. The first-order chi connectivity index (χ1) is 7.36. The minimum atomic E-state index is 0.579. The van der Waals surface area contributed by atoms with Gasteiger partial charge in [-0.2, -0.15) is 0 Å². The zero-order chi connectivity index (χ0) is 10.3.